The predicted octanol–water partition coefficient (Wildman–Crippen LogP) is 4.30. The molecule has 3 rings (SSSR count). The van der Waals surface area contributed by atoms with E-state index in [0.29, 0.717) is 41.8 Å². The summed E-state index contributed by atoms with van der Waals surface area (Å²) >= 11 is 6.21. The molecule has 1 amide bonds. The van der Waals surface area contributed by atoms with Crippen molar-refractivity contribution in [3.05, 3.63) is 51.5 Å². The average molecular weight is 476 g/mol. The van der Waals surface area contributed by atoms with E-state index in [1.807, 2.05) is 45.0 Å². The minimum atomic E-state index is -0.602. The summed E-state index contributed by atoms with van der Waals surface area (Å²) in [7, 11) is 3.17. The Morgan fingerprint density at radius 2 is 1.67 bits per heavy atom. The van der Waals surface area contributed by atoms with Crippen LogP contribution in [0.15, 0.2) is 24.3 Å². The number of hydrogen-bond acceptors (Lipinski definition) is 6. The molecule has 0 unspecified atom stereocenters. The lowest BCUT2D eigenvalue weighted by atomic mass is 9.99. The number of ether oxygens (including phenoxy) is 4. The van der Waals surface area contributed by atoms with E-state index in [9.17, 15) is 9.59 Å². The Bertz CT molecular complexity index is 1040. The lowest BCUT2D eigenvalue weighted by molar-refractivity contribution is -0.154. The fraction of sp³-hybridized carbons (Fsp3) is 0.440. The molecule has 1 aliphatic rings. The van der Waals surface area contributed by atoms with Gasteiger partial charge in [-0.25, -0.2) is 4.79 Å². The van der Waals surface area contributed by atoms with Gasteiger partial charge in [0.1, 0.15) is 5.75 Å². The number of esters is 1. The van der Waals surface area contributed by atoms with Crippen LogP contribution in [0, 0.1) is 6.92 Å². The lowest BCUT2D eigenvalue weighted by Crippen LogP contribution is -2.39. The van der Waals surface area contributed by atoms with Gasteiger partial charge in [0.25, 0.3) is 5.91 Å². The molecule has 0 N–H and O–H groups in total. The third-order valence-corrected chi connectivity index (χ3v) is 6.09. The van der Waals surface area contributed by atoms with Crippen LogP contribution in [0.1, 0.15) is 42.0 Å². The number of methoxy groups -OCH3 is 2. The van der Waals surface area contributed by atoms with Gasteiger partial charge >= 0.3 is 5.97 Å². The summed E-state index contributed by atoms with van der Waals surface area (Å²) in [6, 6.07) is 7.49. The van der Waals surface area contributed by atoms with Crippen LogP contribution in [-0.2, 0) is 27.3 Å². The van der Waals surface area contributed by atoms with Gasteiger partial charge in [0.2, 0.25) is 0 Å². The molecule has 0 saturated heterocycles. The minimum Gasteiger partial charge on any atom is -0.493 e. The van der Waals surface area contributed by atoms with Crippen LogP contribution in [0.3, 0.4) is 0 Å². The second kappa shape index (κ2) is 10.8. The summed E-state index contributed by atoms with van der Waals surface area (Å²) in [5.41, 5.74) is 3.87. The molecule has 0 radical (unpaired) electrons. The molecule has 1 aliphatic heterocycles. The molecule has 8 heteroatoms. The van der Waals surface area contributed by atoms with Crippen LogP contribution in [0.5, 0.6) is 17.2 Å². The summed E-state index contributed by atoms with van der Waals surface area (Å²) in [5, 5.41) is 0.651. The number of carbonyl (C=O) groups excluding carboxylic acids is 2. The first-order valence-corrected chi connectivity index (χ1v) is 11.2. The van der Waals surface area contributed by atoms with Crippen molar-refractivity contribution in [3.63, 3.8) is 0 Å². The first-order chi connectivity index (χ1) is 15.7. The standard InChI is InChI=1S/C25H30ClNO6/c1-15(2)19-11-20(26)16(3)8-21(19)32-14-25(29)33-13-24(28)27-7-6-17-9-22(30-4)23(31-5)10-18(17)12-27/h8-11,15H,6-7,12-14H2,1-5H3. The SMILES string of the molecule is COc1cc2c(cc1OC)CN(C(=O)COC(=O)COc1cc(C)c(Cl)cc1C(C)C)CC2. The van der Waals surface area contributed by atoms with Gasteiger partial charge in [-0.1, -0.05) is 25.4 Å². The fourth-order valence-electron chi connectivity index (χ4n) is 3.75. The highest BCUT2D eigenvalue weighted by atomic mass is 35.5. The third kappa shape index (κ3) is 5.90. The van der Waals surface area contributed by atoms with E-state index in [1.54, 1.807) is 19.1 Å². The van der Waals surface area contributed by atoms with Gasteiger partial charge in [-0.05, 0) is 65.8 Å². The van der Waals surface area contributed by atoms with E-state index in [1.165, 1.54) is 0 Å². The Balaban J connectivity index is 1.54. The van der Waals surface area contributed by atoms with E-state index < -0.39 is 5.97 Å². The van der Waals surface area contributed by atoms with Crippen molar-refractivity contribution < 1.29 is 28.5 Å². The average Bonchev–Trinajstić information content (AvgIpc) is 2.81. The van der Waals surface area contributed by atoms with Crippen LogP contribution in [0.4, 0.5) is 0 Å². The van der Waals surface area contributed by atoms with Crippen LogP contribution in [0.2, 0.25) is 5.02 Å². The van der Waals surface area contributed by atoms with E-state index in [0.717, 1.165) is 22.3 Å². The zero-order chi connectivity index (χ0) is 24.1. The first kappa shape index (κ1) is 24.7. The number of aryl methyl sites for hydroxylation is 1. The monoisotopic (exact) mass is 475 g/mol. The predicted molar refractivity (Wildman–Crippen MR) is 125 cm³/mol. The highest BCUT2D eigenvalue weighted by Gasteiger charge is 2.24. The number of hydrogen-bond donors (Lipinski definition) is 0. The molecule has 33 heavy (non-hydrogen) atoms. The molecule has 0 aromatic heterocycles. The summed E-state index contributed by atoms with van der Waals surface area (Å²) in [4.78, 5) is 26.5. The number of fused-ring (bicyclic) bond motifs is 1. The number of benzene rings is 2. The maximum Gasteiger partial charge on any atom is 0.344 e. The van der Waals surface area contributed by atoms with Gasteiger partial charge in [-0.15, -0.1) is 0 Å². The number of rotatable bonds is 8. The Morgan fingerprint density at radius 3 is 2.30 bits per heavy atom. The van der Waals surface area contributed by atoms with Crippen LogP contribution in [-0.4, -0.2) is 50.8 Å². The normalized spacial score (nSPS) is 12.9. The van der Waals surface area contributed by atoms with E-state index in [4.69, 9.17) is 30.5 Å². The largest absolute Gasteiger partial charge is 0.493 e. The molecule has 7 nitrogen and oxygen atoms in total. The zero-order valence-corrected chi connectivity index (χ0v) is 20.5. The molecule has 2 aromatic carbocycles. The Morgan fingerprint density at radius 1 is 1.00 bits per heavy atom. The van der Waals surface area contributed by atoms with Crippen molar-refractivity contribution in [1.29, 1.82) is 0 Å². The highest BCUT2D eigenvalue weighted by Crippen LogP contribution is 2.34. The van der Waals surface area contributed by atoms with Crippen molar-refractivity contribution in [1.82, 2.24) is 4.90 Å². The molecule has 0 atom stereocenters. The highest BCUT2D eigenvalue weighted by molar-refractivity contribution is 6.31. The molecule has 0 aliphatic carbocycles. The summed E-state index contributed by atoms with van der Waals surface area (Å²) in [6.07, 6.45) is 0.687. The lowest BCUT2D eigenvalue weighted by Gasteiger charge is -2.29. The fourth-order valence-corrected chi connectivity index (χ4v) is 3.93. The molecule has 0 bridgehead atoms. The molecule has 2 aromatic rings. The number of carbonyl (C=O) groups is 2. The Kier molecular flexibility index (Phi) is 8.08. The molecular weight excluding hydrogens is 446 g/mol. The summed E-state index contributed by atoms with van der Waals surface area (Å²) in [5.74, 6) is 1.20. The zero-order valence-electron chi connectivity index (χ0n) is 19.7. The van der Waals surface area contributed by atoms with Crippen molar-refractivity contribution in [3.8, 4) is 17.2 Å². The molecule has 0 spiro atoms. The van der Waals surface area contributed by atoms with Gasteiger partial charge in [-0.3, -0.25) is 4.79 Å². The number of halogens is 1. The summed E-state index contributed by atoms with van der Waals surface area (Å²) < 4.78 is 21.6. The van der Waals surface area contributed by atoms with Crippen molar-refractivity contribution >= 4 is 23.5 Å². The van der Waals surface area contributed by atoms with Gasteiger partial charge < -0.3 is 23.8 Å². The van der Waals surface area contributed by atoms with E-state index >= 15 is 0 Å². The molecule has 0 fully saturated rings. The smallest absolute Gasteiger partial charge is 0.344 e. The topological polar surface area (TPSA) is 74.3 Å². The molecular formula is C25H30ClNO6. The van der Waals surface area contributed by atoms with Crippen molar-refractivity contribution in [2.24, 2.45) is 0 Å². The molecule has 1 heterocycles. The Labute approximate surface area is 199 Å². The molecule has 178 valence electrons. The van der Waals surface area contributed by atoms with Crippen molar-refractivity contribution in [2.75, 3.05) is 34.0 Å². The quantitative estimate of drug-likeness (QED) is 0.530. The maximum absolute atomic E-state index is 12.6. The number of nitrogens with zero attached hydrogens (tertiary/aromatic N) is 1. The van der Waals surface area contributed by atoms with Crippen molar-refractivity contribution in [2.45, 2.75) is 39.7 Å². The number of amides is 1. The second-order valence-corrected chi connectivity index (χ2v) is 8.69. The van der Waals surface area contributed by atoms with Gasteiger partial charge in [0.05, 0.1) is 14.2 Å². The second-order valence-electron chi connectivity index (χ2n) is 8.28. The van der Waals surface area contributed by atoms with Crippen LogP contribution >= 0.6 is 11.6 Å². The summed E-state index contributed by atoms with van der Waals surface area (Å²) in [6.45, 7) is 6.26. The van der Waals surface area contributed by atoms with Gasteiger partial charge in [0.15, 0.2) is 24.7 Å². The van der Waals surface area contributed by atoms with E-state index in [-0.39, 0.29) is 25.0 Å². The van der Waals surface area contributed by atoms with Gasteiger partial charge in [0, 0.05) is 18.1 Å². The van der Waals surface area contributed by atoms with Crippen LogP contribution in [0.25, 0.3) is 0 Å². The third-order valence-electron chi connectivity index (χ3n) is 5.69. The maximum atomic E-state index is 12.6. The van der Waals surface area contributed by atoms with E-state index in [2.05, 4.69) is 0 Å². The minimum absolute atomic E-state index is 0.177. The van der Waals surface area contributed by atoms with Crippen LogP contribution < -0.4 is 14.2 Å². The first-order valence-electron chi connectivity index (χ1n) is 10.8. The van der Waals surface area contributed by atoms with Gasteiger partial charge in [-0.2, -0.15) is 0 Å². The Hall–Kier alpha value is -2.93. The molecule has 0 saturated carbocycles.